The molecule has 1 aromatic heterocycles. The summed E-state index contributed by atoms with van der Waals surface area (Å²) in [6.45, 7) is 2.47. The standard InChI is InChI=1S/C31H29F4N5O2/c1-18-11-25(32)26(13-24(18)29(42-17-20-5-6-20)22-9-7-19(15-36)8-10-22)38-30(41)27-14-28(31(33,34)35)39-40(27)23-4-2-3-21(12-23)16-37/h2-4,7-14,18,20,24,29H,5-6,16-17,37H2,1H3,(H,38,41). The summed E-state index contributed by atoms with van der Waals surface area (Å²) in [7, 11) is 0. The lowest BCUT2D eigenvalue weighted by atomic mass is 9.81. The van der Waals surface area contributed by atoms with Crippen molar-refractivity contribution >= 4 is 5.91 Å². The second kappa shape index (κ2) is 11.9. The van der Waals surface area contributed by atoms with Gasteiger partial charge in [-0.2, -0.15) is 23.5 Å². The van der Waals surface area contributed by atoms with Gasteiger partial charge < -0.3 is 15.8 Å². The van der Waals surface area contributed by atoms with Gasteiger partial charge in [-0.1, -0.05) is 37.3 Å². The van der Waals surface area contributed by atoms with Gasteiger partial charge in [-0.3, -0.25) is 4.79 Å². The van der Waals surface area contributed by atoms with E-state index in [1.807, 2.05) is 6.92 Å². The van der Waals surface area contributed by atoms with Crippen LogP contribution in [0.1, 0.15) is 58.7 Å². The van der Waals surface area contributed by atoms with Crippen molar-refractivity contribution in [2.24, 2.45) is 23.5 Å². The Morgan fingerprint density at radius 2 is 1.93 bits per heavy atom. The predicted molar refractivity (Wildman–Crippen MR) is 146 cm³/mol. The number of nitrogens with zero attached hydrogens (tertiary/aromatic N) is 3. The number of benzene rings is 2. The minimum absolute atomic E-state index is 0.133. The van der Waals surface area contributed by atoms with Crippen molar-refractivity contribution in [2.45, 2.75) is 38.6 Å². The smallest absolute Gasteiger partial charge is 0.373 e. The number of nitrogens with one attached hydrogen (secondary N) is 1. The topological polar surface area (TPSA) is 106 Å². The number of nitrogens with two attached hydrogens (primary N) is 1. The fraction of sp³-hybridized carbons (Fsp3) is 0.323. The molecule has 0 spiro atoms. The molecule has 3 unspecified atom stereocenters. The number of aromatic nitrogens is 2. The maximum absolute atomic E-state index is 15.2. The van der Waals surface area contributed by atoms with Crippen molar-refractivity contribution in [3.8, 4) is 11.8 Å². The van der Waals surface area contributed by atoms with E-state index in [0.29, 0.717) is 29.7 Å². The Bertz CT molecular complexity index is 1570. The van der Waals surface area contributed by atoms with Crippen LogP contribution in [0.3, 0.4) is 0 Å². The van der Waals surface area contributed by atoms with Gasteiger partial charge in [0, 0.05) is 18.5 Å². The molecule has 3 atom stereocenters. The van der Waals surface area contributed by atoms with Crippen molar-refractivity contribution in [3.05, 3.63) is 106 Å². The summed E-state index contributed by atoms with van der Waals surface area (Å²) in [5.41, 5.74) is 5.93. The van der Waals surface area contributed by atoms with Crippen molar-refractivity contribution in [2.75, 3.05) is 6.61 Å². The first-order chi connectivity index (χ1) is 20.1. The van der Waals surface area contributed by atoms with E-state index in [0.717, 1.165) is 23.1 Å². The van der Waals surface area contributed by atoms with Crippen molar-refractivity contribution < 1.29 is 27.1 Å². The highest BCUT2D eigenvalue weighted by Gasteiger charge is 2.37. The molecule has 1 fully saturated rings. The van der Waals surface area contributed by atoms with Gasteiger partial charge >= 0.3 is 6.18 Å². The first-order valence-corrected chi connectivity index (χ1v) is 13.6. The van der Waals surface area contributed by atoms with Gasteiger partial charge in [0.2, 0.25) is 0 Å². The number of rotatable bonds is 9. The third-order valence-corrected chi connectivity index (χ3v) is 7.43. The lowest BCUT2D eigenvalue weighted by Crippen LogP contribution is -2.30. The maximum Gasteiger partial charge on any atom is 0.435 e. The van der Waals surface area contributed by atoms with E-state index in [1.54, 1.807) is 42.5 Å². The molecule has 5 rings (SSSR count). The fourth-order valence-electron chi connectivity index (χ4n) is 4.90. The third-order valence-electron chi connectivity index (χ3n) is 7.43. The van der Waals surface area contributed by atoms with Crippen LogP contribution in [-0.4, -0.2) is 22.3 Å². The zero-order chi connectivity index (χ0) is 30.0. The molecule has 2 aliphatic carbocycles. The molecule has 218 valence electrons. The molecule has 0 saturated heterocycles. The number of carbonyl (C=O) groups excluding carboxylic acids is 1. The normalized spacial score (nSPS) is 19.5. The Kier molecular flexibility index (Phi) is 8.29. The minimum atomic E-state index is -4.81. The summed E-state index contributed by atoms with van der Waals surface area (Å²) in [4.78, 5) is 13.4. The van der Waals surface area contributed by atoms with Gasteiger partial charge in [-0.05, 0) is 66.1 Å². The van der Waals surface area contributed by atoms with Crippen molar-refractivity contribution in [3.63, 3.8) is 0 Å². The third kappa shape index (κ3) is 6.45. The molecule has 0 radical (unpaired) electrons. The Morgan fingerprint density at radius 1 is 1.19 bits per heavy atom. The van der Waals surface area contributed by atoms with E-state index < -0.39 is 41.3 Å². The Balaban J connectivity index is 1.47. The molecule has 7 nitrogen and oxygen atoms in total. The van der Waals surface area contributed by atoms with Gasteiger partial charge in [-0.15, -0.1) is 0 Å². The monoisotopic (exact) mass is 579 g/mol. The molecule has 2 aromatic carbocycles. The first kappa shape index (κ1) is 29.2. The number of allylic oxidation sites excluding steroid dienone is 2. The highest BCUT2D eigenvalue weighted by molar-refractivity contribution is 5.95. The van der Waals surface area contributed by atoms with Crippen LogP contribution in [0.5, 0.6) is 0 Å². The average molecular weight is 580 g/mol. The van der Waals surface area contributed by atoms with E-state index in [9.17, 15) is 23.2 Å². The zero-order valence-electron chi connectivity index (χ0n) is 22.7. The Morgan fingerprint density at radius 3 is 2.57 bits per heavy atom. The van der Waals surface area contributed by atoms with Gasteiger partial charge in [0.25, 0.3) is 5.91 Å². The van der Waals surface area contributed by atoms with Crippen LogP contribution in [0.15, 0.2) is 78.3 Å². The molecular weight excluding hydrogens is 550 g/mol. The lowest BCUT2D eigenvalue weighted by molar-refractivity contribution is -0.141. The molecule has 0 aliphatic heterocycles. The summed E-state index contributed by atoms with van der Waals surface area (Å²) in [6, 6.07) is 16.0. The first-order valence-electron chi connectivity index (χ1n) is 13.6. The van der Waals surface area contributed by atoms with Crippen molar-refractivity contribution in [1.29, 1.82) is 5.26 Å². The molecular formula is C31H29F4N5O2. The van der Waals surface area contributed by atoms with Crippen LogP contribution in [0.25, 0.3) is 5.69 Å². The molecule has 3 aromatic rings. The molecule has 1 saturated carbocycles. The highest BCUT2D eigenvalue weighted by Crippen LogP contribution is 2.40. The molecule has 3 N–H and O–H groups in total. The SMILES string of the molecule is CC1C=C(F)C(NC(=O)c2cc(C(F)(F)F)nn2-c2cccc(CN)c2)=CC1C(OCC1CC1)c1ccc(C#N)cc1. The number of amides is 1. The lowest BCUT2D eigenvalue weighted by Gasteiger charge is -2.32. The summed E-state index contributed by atoms with van der Waals surface area (Å²) in [6.07, 6.45) is -0.281. The Labute approximate surface area is 240 Å². The van der Waals surface area contributed by atoms with E-state index in [-0.39, 0.29) is 23.8 Å². The largest absolute Gasteiger partial charge is 0.435 e. The maximum atomic E-state index is 15.2. The molecule has 1 heterocycles. The van der Waals surface area contributed by atoms with Crippen LogP contribution in [0.4, 0.5) is 17.6 Å². The summed E-state index contributed by atoms with van der Waals surface area (Å²) >= 11 is 0. The predicted octanol–water partition coefficient (Wildman–Crippen LogP) is 6.12. The number of ether oxygens (including phenoxy) is 1. The van der Waals surface area contributed by atoms with Crippen LogP contribution in [0.2, 0.25) is 0 Å². The van der Waals surface area contributed by atoms with Crippen molar-refractivity contribution in [1.82, 2.24) is 15.1 Å². The zero-order valence-corrected chi connectivity index (χ0v) is 22.7. The van der Waals surface area contributed by atoms with Crippen LogP contribution >= 0.6 is 0 Å². The number of halogens is 4. The summed E-state index contributed by atoms with van der Waals surface area (Å²) in [5, 5.41) is 15.3. The number of alkyl halides is 3. The van der Waals surface area contributed by atoms with Gasteiger partial charge in [-0.25, -0.2) is 9.07 Å². The second-order valence-corrected chi connectivity index (χ2v) is 10.6. The van der Waals surface area contributed by atoms with Gasteiger partial charge in [0.1, 0.15) is 11.5 Å². The number of hydrogen-bond donors (Lipinski definition) is 2. The fourth-order valence-corrected chi connectivity index (χ4v) is 4.90. The van der Waals surface area contributed by atoms with Gasteiger partial charge in [0.05, 0.1) is 35.7 Å². The summed E-state index contributed by atoms with van der Waals surface area (Å²) < 4.78 is 63.3. The van der Waals surface area contributed by atoms with E-state index in [2.05, 4.69) is 16.5 Å². The van der Waals surface area contributed by atoms with E-state index >= 15 is 4.39 Å². The molecule has 0 bridgehead atoms. The molecule has 2 aliphatic rings. The van der Waals surface area contributed by atoms with Crippen LogP contribution in [0, 0.1) is 29.1 Å². The highest BCUT2D eigenvalue weighted by atomic mass is 19.4. The van der Waals surface area contributed by atoms with E-state index in [1.165, 1.54) is 18.2 Å². The van der Waals surface area contributed by atoms with E-state index in [4.69, 9.17) is 10.5 Å². The van der Waals surface area contributed by atoms with Crippen LogP contribution < -0.4 is 11.1 Å². The number of hydrogen-bond acceptors (Lipinski definition) is 5. The number of carbonyl (C=O) groups is 1. The molecule has 1 amide bonds. The minimum Gasteiger partial charge on any atom is -0.373 e. The van der Waals surface area contributed by atoms with Gasteiger partial charge in [0.15, 0.2) is 5.69 Å². The molecule has 11 heteroatoms. The number of nitriles is 1. The Hall–Kier alpha value is -4.27. The average Bonchev–Trinajstić information content (AvgIpc) is 3.68. The second-order valence-electron chi connectivity index (χ2n) is 10.6. The summed E-state index contributed by atoms with van der Waals surface area (Å²) in [5.74, 6) is -1.97. The quantitative estimate of drug-likeness (QED) is 0.297. The van der Waals surface area contributed by atoms with Crippen LogP contribution in [-0.2, 0) is 17.5 Å². The molecule has 42 heavy (non-hydrogen) atoms.